The molecule has 0 bridgehead atoms. The fraction of sp³-hybridized carbons (Fsp3) is 0.867. The number of aliphatic carboxylic acids is 1. The smallest absolute Gasteiger partial charge is 0.310 e. The van der Waals surface area contributed by atoms with Gasteiger partial charge in [0.25, 0.3) is 0 Å². The van der Waals surface area contributed by atoms with Crippen LogP contribution in [-0.4, -0.2) is 35.2 Å². The Labute approximate surface area is 120 Å². The van der Waals surface area contributed by atoms with Crippen molar-refractivity contribution >= 4 is 11.9 Å². The molecule has 0 aromatic rings. The first-order chi connectivity index (χ1) is 9.54. The van der Waals surface area contributed by atoms with Crippen LogP contribution in [0.4, 0.5) is 0 Å². The molecule has 0 aromatic heterocycles. The Morgan fingerprint density at radius 1 is 1.25 bits per heavy atom. The van der Waals surface area contributed by atoms with Crippen molar-refractivity contribution in [3.8, 4) is 0 Å². The minimum absolute atomic E-state index is 0.0836. The maximum atomic E-state index is 12.0. The van der Waals surface area contributed by atoms with Gasteiger partial charge in [0.2, 0.25) is 5.91 Å². The second kappa shape index (κ2) is 8.25. The van der Waals surface area contributed by atoms with Gasteiger partial charge in [-0.1, -0.05) is 26.2 Å². The Balaban J connectivity index is 2.43. The number of hydrogen-bond acceptors (Lipinski definition) is 3. The first-order valence-corrected chi connectivity index (χ1v) is 7.65. The number of carboxylic acids is 1. The van der Waals surface area contributed by atoms with Gasteiger partial charge in [0.1, 0.15) is 0 Å². The van der Waals surface area contributed by atoms with E-state index in [0.717, 1.165) is 25.7 Å². The lowest BCUT2D eigenvalue weighted by Gasteiger charge is -2.23. The molecule has 0 spiro atoms. The highest BCUT2D eigenvalue weighted by molar-refractivity contribution is 5.85. The van der Waals surface area contributed by atoms with Crippen LogP contribution in [0.1, 0.15) is 58.3 Å². The van der Waals surface area contributed by atoms with Crippen molar-refractivity contribution in [3.05, 3.63) is 0 Å². The summed E-state index contributed by atoms with van der Waals surface area (Å²) in [5, 5.41) is 21.2. The van der Waals surface area contributed by atoms with Crippen LogP contribution >= 0.6 is 0 Å². The average molecular weight is 285 g/mol. The molecule has 0 radical (unpaired) electrons. The molecule has 5 heteroatoms. The largest absolute Gasteiger partial charge is 0.481 e. The summed E-state index contributed by atoms with van der Waals surface area (Å²) in [7, 11) is 0. The number of nitrogens with one attached hydrogen (secondary N) is 1. The van der Waals surface area contributed by atoms with Crippen LogP contribution in [0.5, 0.6) is 0 Å². The van der Waals surface area contributed by atoms with E-state index in [0.29, 0.717) is 25.8 Å². The van der Waals surface area contributed by atoms with Crippen LogP contribution in [0, 0.1) is 11.3 Å². The highest BCUT2D eigenvalue weighted by atomic mass is 16.4. The van der Waals surface area contributed by atoms with Gasteiger partial charge in [0.05, 0.1) is 5.41 Å². The van der Waals surface area contributed by atoms with Crippen molar-refractivity contribution in [1.29, 1.82) is 0 Å². The highest BCUT2D eigenvalue weighted by Gasteiger charge is 2.42. The van der Waals surface area contributed by atoms with Crippen molar-refractivity contribution in [3.63, 3.8) is 0 Å². The van der Waals surface area contributed by atoms with E-state index in [1.54, 1.807) is 0 Å². The SMILES string of the molecule is CCCC(CCO)CNC(=O)CC1(C(=O)O)CCCC1. The molecule has 1 atom stereocenters. The number of rotatable bonds is 9. The van der Waals surface area contributed by atoms with E-state index < -0.39 is 11.4 Å². The molecule has 1 saturated carbocycles. The Morgan fingerprint density at radius 3 is 2.40 bits per heavy atom. The molecule has 1 aliphatic rings. The van der Waals surface area contributed by atoms with Crippen molar-refractivity contribution in [2.75, 3.05) is 13.2 Å². The van der Waals surface area contributed by atoms with Gasteiger partial charge in [-0.25, -0.2) is 0 Å². The maximum absolute atomic E-state index is 12.0. The molecule has 1 fully saturated rings. The van der Waals surface area contributed by atoms with E-state index in [4.69, 9.17) is 5.11 Å². The van der Waals surface area contributed by atoms with Crippen LogP contribution in [0.2, 0.25) is 0 Å². The van der Waals surface area contributed by atoms with Crippen LogP contribution in [0.25, 0.3) is 0 Å². The fourth-order valence-corrected chi connectivity index (χ4v) is 3.09. The van der Waals surface area contributed by atoms with E-state index in [2.05, 4.69) is 12.2 Å². The summed E-state index contributed by atoms with van der Waals surface area (Å²) in [6, 6.07) is 0. The topological polar surface area (TPSA) is 86.6 Å². The molecule has 1 aliphatic carbocycles. The summed E-state index contributed by atoms with van der Waals surface area (Å²) in [5.41, 5.74) is -0.846. The average Bonchev–Trinajstić information content (AvgIpc) is 2.86. The highest BCUT2D eigenvalue weighted by Crippen LogP contribution is 2.41. The number of aliphatic hydroxyl groups excluding tert-OH is 1. The van der Waals surface area contributed by atoms with E-state index in [9.17, 15) is 14.7 Å². The third-order valence-electron chi connectivity index (χ3n) is 4.34. The van der Waals surface area contributed by atoms with E-state index in [-0.39, 0.29) is 24.9 Å². The van der Waals surface area contributed by atoms with E-state index in [1.165, 1.54) is 0 Å². The summed E-state index contributed by atoms with van der Waals surface area (Å²) in [6.07, 6.45) is 5.73. The number of carbonyl (C=O) groups excluding carboxylic acids is 1. The van der Waals surface area contributed by atoms with Crippen molar-refractivity contribution < 1.29 is 19.8 Å². The monoisotopic (exact) mass is 285 g/mol. The zero-order valence-corrected chi connectivity index (χ0v) is 12.4. The van der Waals surface area contributed by atoms with Gasteiger partial charge in [-0.2, -0.15) is 0 Å². The third-order valence-corrected chi connectivity index (χ3v) is 4.34. The van der Waals surface area contributed by atoms with Crippen LogP contribution in [0.15, 0.2) is 0 Å². The summed E-state index contributed by atoms with van der Waals surface area (Å²) >= 11 is 0. The molecule has 20 heavy (non-hydrogen) atoms. The zero-order chi connectivity index (χ0) is 15.0. The van der Waals surface area contributed by atoms with Crippen molar-refractivity contribution in [2.24, 2.45) is 11.3 Å². The molecule has 1 unspecified atom stereocenters. The summed E-state index contributed by atoms with van der Waals surface area (Å²) in [6.45, 7) is 2.73. The van der Waals surface area contributed by atoms with Crippen LogP contribution in [-0.2, 0) is 9.59 Å². The Kier molecular flexibility index (Phi) is 6.99. The molecule has 1 amide bonds. The minimum Gasteiger partial charge on any atom is -0.481 e. The van der Waals surface area contributed by atoms with Crippen molar-refractivity contribution in [2.45, 2.75) is 58.3 Å². The second-order valence-corrected chi connectivity index (χ2v) is 5.94. The molecule has 0 aromatic carbocycles. The van der Waals surface area contributed by atoms with Crippen LogP contribution < -0.4 is 5.32 Å². The number of carboxylic acid groups (broad SMARTS) is 1. The van der Waals surface area contributed by atoms with Gasteiger partial charge < -0.3 is 15.5 Å². The van der Waals surface area contributed by atoms with Gasteiger partial charge in [-0.15, -0.1) is 0 Å². The Bertz CT molecular complexity index is 318. The van der Waals surface area contributed by atoms with Crippen LogP contribution in [0.3, 0.4) is 0 Å². The number of aliphatic hydroxyl groups is 1. The van der Waals surface area contributed by atoms with E-state index >= 15 is 0 Å². The quantitative estimate of drug-likeness (QED) is 0.604. The molecule has 0 saturated heterocycles. The molecule has 0 aliphatic heterocycles. The third kappa shape index (κ3) is 4.78. The second-order valence-electron chi connectivity index (χ2n) is 5.94. The molecule has 1 rings (SSSR count). The summed E-state index contributed by atoms with van der Waals surface area (Å²) in [5.74, 6) is -0.739. The molecular formula is C15H27NO4. The van der Waals surface area contributed by atoms with Gasteiger partial charge in [0, 0.05) is 19.6 Å². The fourth-order valence-electron chi connectivity index (χ4n) is 3.09. The Morgan fingerprint density at radius 2 is 1.90 bits per heavy atom. The molecule has 0 heterocycles. The summed E-state index contributed by atoms with van der Waals surface area (Å²) < 4.78 is 0. The number of carbonyl (C=O) groups is 2. The molecule has 3 N–H and O–H groups in total. The summed E-state index contributed by atoms with van der Waals surface area (Å²) in [4.78, 5) is 23.4. The predicted molar refractivity (Wildman–Crippen MR) is 76.3 cm³/mol. The number of hydrogen-bond donors (Lipinski definition) is 3. The van der Waals surface area contributed by atoms with Gasteiger partial charge in [0.15, 0.2) is 0 Å². The van der Waals surface area contributed by atoms with Gasteiger partial charge in [-0.3, -0.25) is 9.59 Å². The lowest BCUT2D eigenvalue weighted by Crippen LogP contribution is -2.37. The number of amides is 1. The standard InChI is InChI=1S/C15H27NO4/c1-2-5-12(6-9-17)11-16-13(18)10-15(14(19)20)7-3-4-8-15/h12,17H,2-11H2,1H3,(H,16,18)(H,19,20). The predicted octanol–water partition coefficient (Wildman–Crippen LogP) is 1.94. The molecular weight excluding hydrogens is 258 g/mol. The normalized spacial score (nSPS) is 18.7. The first-order valence-electron chi connectivity index (χ1n) is 7.65. The zero-order valence-electron chi connectivity index (χ0n) is 12.4. The Hall–Kier alpha value is -1.10. The van der Waals surface area contributed by atoms with E-state index in [1.807, 2.05) is 0 Å². The molecule has 5 nitrogen and oxygen atoms in total. The van der Waals surface area contributed by atoms with Gasteiger partial charge >= 0.3 is 5.97 Å². The van der Waals surface area contributed by atoms with Gasteiger partial charge in [-0.05, 0) is 31.6 Å². The first kappa shape index (κ1) is 17.0. The molecule has 116 valence electrons. The lowest BCUT2D eigenvalue weighted by atomic mass is 9.82. The maximum Gasteiger partial charge on any atom is 0.310 e. The minimum atomic E-state index is -0.846. The lowest BCUT2D eigenvalue weighted by molar-refractivity contribution is -0.151. The van der Waals surface area contributed by atoms with Crippen molar-refractivity contribution in [1.82, 2.24) is 5.32 Å².